The minimum Gasteiger partial charge on any atom is -0.381 e. The molecule has 2 aromatic heterocycles. The second kappa shape index (κ2) is 11.6. The average molecular weight is 687 g/mol. The van der Waals surface area contributed by atoms with E-state index in [1.165, 1.54) is 11.3 Å². The predicted molar refractivity (Wildman–Crippen MR) is 194 cm³/mol. The molecule has 2 aromatic carbocycles. The van der Waals surface area contributed by atoms with Crippen molar-refractivity contribution in [3.05, 3.63) is 99.4 Å². The molecule has 0 bridgehead atoms. The van der Waals surface area contributed by atoms with Crippen molar-refractivity contribution in [3.8, 4) is 0 Å². The number of thiophene rings is 1. The Labute approximate surface area is 294 Å². The van der Waals surface area contributed by atoms with E-state index in [1.807, 2.05) is 62.5 Å². The van der Waals surface area contributed by atoms with Gasteiger partial charge in [0.1, 0.15) is 5.82 Å². The highest BCUT2D eigenvalue weighted by Gasteiger charge is 2.70. The van der Waals surface area contributed by atoms with Crippen molar-refractivity contribution < 1.29 is 19.1 Å². The molecule has 5 aliphatic rings. The number of pyridine rings is 1. The van der Waals surface area contributed by atoms with E-state index in [-0.39, 0.29) is 34.7 Å². The molecule has 9 rings (SSSR count). The summed E-state index contributed by atoms with van der Waals surface area (Å²) in [6.07, 6.45) is 6.05. The van der Waals surface area contributed by atoms with Crippen molar-refractivity contribution in [3.63, 3.8) is 0 Å². The first-order chi connectivity index (χ1) is 24.2. The number of hydrogen-bond donors (Lipinski definition) is 2. The molecule has 2 saturated heterocycles. The third-order valence-electron chi connectivity index (χ3n) is 11.1. The molecule has 2 N–H and O–H groups in total. The molecule has 10 nitrogen and oxygen atoms in total. The Morgan fingerprint density at radius 1 is 0.960 bits per heavy atom. The van der Waals surface area contributed by atoms with Crippen molar-refractivity contribution in [2.45, 2.75) is 51.1 Å². The Hall–Kier alpha value is -4.87. The van der Waals surface area contributed by atoms with Crippen LogP contribution in [0.2, 0.25) is 0 Å². The van der Waals surface area contributed by atoms with Crippen LogP contribution < -0.4 is 20.4 Å². The molecule has 50 heavy (non-hydrogen) atoms. The van der Waals surface area contributed by atoms with E-state index in [1.54, 1.807) is 29.2 Å². The zero-order valence-electron chi connectivity index (χ0n) is 28.1. The quantitative estimate of drug-likeness (QED) is 0.233. The van der Waals surface area contributed by atoms with Gasteiger partial charge in [0, 0.05) is 54.7 Å². The lowest BCUT2D eigenvalue weighted by Gasteiger charge is -2.53. The number of nitrogens with zero attached hydrogens (tertiary/aromatic N) is 4. The molecule has 2 aliphatic carbocycles. The number of nitrogens with one attached hydrogen (secondary N) is 2. The summed E-state index contributed by atoms with van der Waals surface area (Å²) >= 11 is 1.41. The molecule has 4 aromatic rings. The van der Waals surface area contributed by atoms with Crippen molar-refractivity contribution in [1.29, 1.82) is 0 Å². The van der Waals surface area contributed by atoms with Crippen LogP contribution in [-0.2, 0) is 4.74 Å². The molecule has 5 heterocycles. The van der Waals surface area contributed by atoms with Gasteiger partial charge in [-0.1, -0.05) is 12.1 Å². The van der Waals surface area contributed by atoms with Crippen LogP contribution in [-0.4, -0.2) is 66.3 Å². The second-order valence-corrected chi connectivity index (χ2v) is 15.7. The van der Waals surface area contributed by atoms with Crippen LogP contribution in [0.4, 0.5) is 22.9 Å². The highest BCUT2D eigenvalue weighted by atomic mass is 32.1. The summed E-state index contributed by atoms with van der Waals surface area (Å²) in [6.45, 7) is 7.22. The highest BCUT2D eigenvalue weighted by molar-refractivity contribution is 7.16. The summed E-state index contributed by atoms with van der Waals surface area (Å²) in [5.74, 6) is 0.909. The fourth-order valence-corrected chi connectivity index (χ4v) is 8.68. The number of aryl methyl sites for hydroxylation is 1. The van der Waals surface area contributed by atoms with E-state index in [0.29, 0.717) is 39.1 Å². The summed E-state index contributed by atoms with van der Waals surface area (Å²) in [5, 5.41) is 6.23. The first-order valence-corrected chi connectivity index (χ1v) is 18.2. The lowest BCUT2D eigenvalue weighted by atomic mass is 9.73. The Kier molecular flexibility index (Phi) is 7.22. The summed E-state index contributed by atoms with van der Waals surface area (Å²) < 4.78 is 5.57. The number of ether oxygens (including phenoxy) is 1. The van der Waals surface area contributed by atoms with Crippen molar-refractivity contribution in [2.24, 2.45) is 16.3 Å². The van der Waals surface area contributed by atoms with Gasteiger partial charge >= 0.3 is 0 Å². The summed E-state index contributed by atoms with van der Waals surface area (Å²) in [4.78, 5) is 55.9. The molecule has 2 saturated carbocycles. The number of anilines is 3. The fraction of sp³-hybridized carbons (Fsp3) is 0.359. The number of carbonyl (C=O) groups excluding carboxylic acids is 3. The molecule has 3 amide bonds. The smallest absolute Gasteiger partial charge is 0.261 e. The first kappa shape index (κ1) is 31.1. The largest absolute Gasteiger partial charge is 0.381 e. The molecule has 254 valence electrons. The van der Waals surface area contributed by atoms with Crippen LogP contribution in [0.3, 0.4) is 0 Å². The number of aliphatic imine (C=N–C) groups is 1. The van der Waals surface area contributed by atoms with Crippen LogP contribution in [0.15, 0.2) is 77.9 Å². The standard InChI is InChI=1S/C39H38N6O4S/c1-23-17-28(34(40-20-23)44-21-38(22-44)13-15-49-16-14-38)35(46)41-27-9-7-25(8-10-27)37(48)45-24(2)33(42-29-5-3-4-6-30(29)45)31-11-12-32(50-31)36(47)43-39-18-26(39)19-39/h3-12,17,20,24,26H,13-16,18-19,21-22H2,1-2H3,(H,41,46)(H,43,47)/t24-,26?,39?/m1/s1. The number of rotatable bonds is 7. The molecule has 1 atom stereocenters. The highest BCUT2D eigenvalue weighted by Crippen LogP contribution is 2.66. The molecule has 0 radical (unpaired) electrons. The zero-order chi connectivity index (χ0) is 34.2. The van der Waals surface area contributed by atoms with Gasteiger partial charge < -0.3 is 20.3 Å². The average Bonchev–Trinajstić information content (AvgIpc) is 3.90. The van der Waals surface area contributed by atoms with E-state index < -0.39 is 0 Å². The number of amides is 3. The zero-order valence-corrected chi connectivity index (χ0v) is 28.9. The van der Waals surface area contributed by atoms with Gasteiger partial charge in [0.05, 0.1) is 38.4 Å². The van der Waals surface area contributed by atoms with E-state index in [2.05, 4.69) is 20.5 Å². The van der Waals surface area contributed by atoms with Gasteiger partial charge in [0.15, 0.2) is 0 Å². The fourth-order valence-electron chi connectivity index (χ4n) is 7.70. The Bertz CT molecular complexity index is 2070. The summed E-state index contributed by atoms with van der Waals surface area (Å²) in [6, 6.07) is 19.9. The molecule has 4 fully saturated rings. The van der Waals surface area contributed by atoms with Crippen LogP contribution in [0.25, 0.3) is 0 Å². The van der Waals surface area contributed by atoms with Crippen LogP contribution in [0, 0.1) is 18.3 Å². The number of benzene rings is 2. The first-order valence-electron chi connectivity index (χ1n) is 17.4. The number of aromatic nitrogens is 1. The van der Waals surface area contributed by atoms with Gasteiger partial charge in [-0.05, 0) is 106 Å². The third-order valence-corrected chi connectivity index (χ3v) is 12.2. The van der Waals surface area contributed by atoms with Crippen molar-refractivity contribution in [2.75, 3.05) is 41.4 Å². The summed E-state index contributed by atoms with van der Waals surface area (Å²) in [7, 11) is 0. The lowest BCUT2D eigenvalue weighted by Crippen LogP contribution is -2.59. The number of para-hydroxylation sites is 2. The van der Waals surface area contributed by atoms with Crippen LogP contribution in [0.1, 0.15) is 73.4 Å². The molecule has 1 spiro atoms. The van der Waals surface area contributed by atoms with E-state index in [4.69, 9.17) is 9.73 Å². The van der Waals surface area contributed by atoms with Gasteiger partial charge in [-0.3, -0.25) is 19.3 Å². The van der Waals surface area contributed by atoms with Gasteiger partial charge in [-0.2, -0.15) is 0 Å². The van der Waals surface area contributed by atoms with Crippen molar-refractivity contribution in [1.82, 2.24) is 10.3 Å². The maximum absolute atomic E-state index is 14.2. The van der Waals surface area contributed by atoms with Gasteiger partial charge in [-0.25, -0.2) is 9.98 Å². The monoisotopic (exact) mass is 686 g/mol. The van der Waals surface area contributed by atoms with Crippen LogP contribution in [0.5, 0.6) is 0 Å². The van der Waals surface area contributed by atoms with Crippen molar-refractivity contribution >= 4 is 57.7 Å². The molecule has 0 unspecified atom stereocenters. The van der Waals surface area contributed by atoms with E-state index in [0.717, 1.165) is 73.8 Å². The SMILES string of the molecule is Cc1cnc(N2CC3(CCOCC3)C2)c(C(=O)Nc2ccc(C(=O)N3c4ccccc4N=C(c4ccc(C(=O)NC56CC5C6)s4)[C@H]3C)cc2)c1. The molecule has 3 aliphatic heterocycles. The Morgan fingerprint density at radius 3 is 2.44 bits per heavy atom. The molecule has 11 heteroatoms. The Balaban J connectivity index is 0.918. The van der Waals surface area contributed by atoms with Gasteiger partial charge in [0.2, 0.25) is 0 Å². The van der Waals surface area contributed by atoms with Gasteiger partial charge in [-0.15, -0.1) is 11.3 Å². The van der Waals surface area contributed by atoms with Gasteiger partial charge in [0.25, 0.3) is 17.7 Å². The normalized spacial score (nSPS) is 24.0. The topological polar surface area (TPSA) is 116 Å². The third kappa shape index (κ3) is 5.39. The number of carbonyl (C=O) groups is 3. The second-order valence-electron chi connectivity index (χ2n) is 14.6. The maximum atomic E-state index is 14.2. The number of fused-ring (bicyclic) bond motifs is 2. The van der Waals surface area contributed by atoms with E-state index >= 15 is 0 Å². The molecular weight excluding hydrogens is 649 g/mol. The number of hydrogen-bond acceptors (Lipinski definition) is 8. The maximum Gasteiger partial charge on any atom is 0.261 e. The lowest BCUT2D eigenvalue weighted by molar-refractivity contribution is -0.000511. The molecular formula is C39H38N6O4S. The summed E-state index contributed by atoms with van der Waals surface area (Å²) in [5.41, 5.74) is 4.99. The minimum absolute atomic E-state index is 0.0374. The predicted octanol–water partition coefficient (Wildman–Crippen LogP) is 6.38. The minimum atomic E-state index is -0.379. The van der Waals surface area contributed by atoms with Crippen LogP contribution >= 0.6 is 11.3 Å². The van der Waals surface area contributed by atoms with E-state index in [9.17, 15) is 14.4 Å². The Morgan fingerprint density at radius 2 is 1.70 bits per heavy atom.